The number of hydrogen-bond acceptors (Lipinski definition) is 5. The number of benzene rings is 1. The zero-order chi connectivity index (χ0) is 18.8. The normalized spacial score (nSPS) is 16.2. The van der Waals surface area contributed by atoms with E-state index in [9.17, 15) is 9.18 Å². The molecular weight excluding hydrogens is 347 g/mol. The molecule has 3 aromatic rings. The van der Waals surface area contributed by atoms with Crippen molar-refractivity contribution in [1.82, 2.24) is 20.0 Å². The van der Waals surface area contributed by atoms with Gasteiger partial charge in [0.25, 0.3) is 5.89 Å². The molecule has 0 unspecified atom stereocenters. The van der Waals surface area contributed by atoms with Gasteiger partial charge in [-0.2, -0.15) is 4.98 Å². The molecule has 7 heteroatoms. The third-order valence-corrected chi connectivity index (χ3v) is 5.22. The molecule has 1 aliphatic rings. The fraction of sp³-hybridized carbons (Fsp3) is 0.450. The van der Waals surface area contributed by atoms with Crippen LogP contribution in [0, 0.1) is 11.7 Å². The molecule has 0 atom stereocenters. The summed E-state index contributed by atoms with van der Waals surface area (Å²) in [5.41, 5.74) is 0.721. The summed E-state index contributed by atoms with van der Waals surface area (Å²) in [5.74, 6) is 1.06. The number of H-pyrrole nitrogens is 1. The van der Waals surface area contributed by atoms with Crippen molar-refractivity contribution in [2.24, 2.45) is 5.92 Å². The second-order valence-corrected chi connectivity index (χ2v) is 7.24. The number of hydrogen-bond donors (Lipinski definition) is 1. The number of nitrogens with zero attached hydrogens (tertiary/aromatic N) is 3. The van der Waals surface area contributed by atoms with Crippen molar-refractivity contribution in [3.05, 3.63) is 46.3 Å². The number of fused-ring (bicyclic) bond motifs is 1. The lowest BCUT2D eigenvalue weighted by Crippen LogP contribution is -2.34. The van der Waals surface area contributed by atoms with E-state index in [1.54, 1.807) is 0 Å². The quantitative estimate of drug-likeness (QED) is 0.745. The Bertz CT molecular complexity index is 989. The van der Waals surface area contributed by atoms with E-state index < -0.39 is 0 Å². The monoisotopic (exact) mass is 370 g/mol. The maximum absolute atomic E-state index is 13.7. The van der Waals surface area contributed by atoms with E-state index in [1.807, 2.05) is 0 Å². The van der Waals surface area contributed by atoms with Crippen LogP contribution in [0.4, 0.5) is 4.39 Å². The number of aromatic nitrogens is 3. The standard InChI is InChI=1S/C20H23FN4O2/c1-2-7-25-8-5-13(6-9-25)10-18-23-20(27-24-18)16-12-19(26)22-17-4-3-14(21)11-15(16)17/h3-4,11-13H,2,5-10H2,1H3,(H,22,26). The van der Waals surface area contributed by atoms with Crippen LogP contribution in [0.15, 0.2) is 33.6 Å². The second-order valence-electron chi connectivity index (χ2n) is 7.24. The highest BCUT2D eigenvalue weighted by Gasteiger charge is 2.22. The van der Waals surface area contributed by atoms with Crippen LogP contribution < -0.4 is 5.56 Å². The van der Waals surface area contributed by atoms with E-state index in [0.29, 0.717) is 28.2 Å². The fourth-order valence-electron chi connectivity index (χ4n) is 3.84. The highest BCUT2D eigenvalue weighted by molar-refractivity contribution is 5.91. The number of likely N-dealkylation sites (tertiary alicyclic amines) is 1. The Labute approximate surface area is 156 Å². The highest BCUT2D eigenvalue weighted by atomic mass is 19.1. The maximum Gasteiger partial charge on any atom is 0.258 e. The molecule has 0 radical (unpaired) electrons. The van der Waals surface area contributed by atoms with Crippen LogP contribution in [0.3, 0.4) is 0 Å². The van der Waals surface area contributed by atoms with Crippen LogP contribution in [0.25, 0.3) is 22.4 Å². The van der Waals surface area contributed by atoms with Crippen LogP contribution in [-0.2, 0) is 6.42 Å². The van der Waals surface area contributed by atoms with Crippen molar-refractivity contribution >= 4 is 10.9 Å². The molecule has 0 spiro atoms. The van der Waals surface area contributed by atoms with Gasteiger partial charge in [-0.05, 0) is 63.0 Å². The summed E-state index contributed by atoms with van der Waals surface area (Å²) in [5, 5.41) is 4.65. The lowest BCUT2D eigenvalue weighted by molar-refractivity contribution is 0.182. The smallest absolute Gasteiger partial charge is 0.258 e. The first-order valence-corrected chi connectivity index (χ1v) is 9.50. The predicted molar refractivity (Wildman–Crippen MR) is 101 cm³/mol. The molecule has 0 aliphatic carbocycles. The average molecular weight is 370 g/mol. The van der Waals surface area contributed by atoms with Crippen LogP contribution in [-0.4, -0.2) is 39.7 Å². The molecule has 2 aromatic heterocycles. The molecule has 0 amide bonds. The van der Waals surface area contributed by atoms with Crippen molar-refractivity contribution < 1.29 is 8.91 Å². The summed E-state index contributed by atoms with van der Waals surface area (Å²) < 4.78 is 19.1. The molecule has 1 fully saturated rings. The van der Waals surface area contributed by atoms with Gasteiger partial charge in [0.05, 0.1) is 5.56 Å². The summed E-state index contributed by atoms with van der Waals surface area (Å²) in [4.78, 5) is 21.6. The lowest BCUT2D eigenvalue weighted by Gasteiger charge is -2.31. The van der Waals surface area contributed by atoms with Crippen molar-refractivity contribution in [3.63, 3.8) is 0 Å². The third-order valence-electron chi connectivity index (χ3n) is 5.22. The molecule has 1 aliphatic heterocycles. The Kier molecular flexibility index (Phi) is 5.03. The predicted octanol–water partition coefficient (Wildman–Crippen LogP) is 3.38. The molecule has 3 heterocycles. The van der Waals surface area contributed by atoms with Gasteiger partial charge in [0, 0.05) is 23.4 Å². The van der Waals surface area contributed by atoms with Gasteiger partial charge in [0.15, 0.2) is 5.82 Å². The Balaban J connectivity index is 1.54. The Morgan fingerprint density at radius 2 is 2.11 bits per heavy atom. The van der Waals surface area contributed by atoms with Gasteiger partial charge < -0.3 is 14.4 Å². The SMILES string of the molecule is CCCN1CCC(Cc2noc(-c3cc(=O)[nH]c4ccc(F)cc34)n2)CC1. The number of piperidine rings is 1. The lowest BCUT2D eigenvalue weighted by atomic mass is 9.93. The molecule has 1 aromatic carbocycles. The fourth-order valence-corrected chi connectivity index (χ4v) is 3.84. The molecule has 4 rings (SSSR count). The number of halogens is 1. The summed E-state index contributed by atoms with van der Waals surface area (Å²) >= 11 is 0. The first kappa shape index (κ1) is 17.9. The van der Waals surface area contributed by atoms with Gasteiger partial charge in [-0.25, -0.2) is 4.39 Å². The topological polar surface area (TPSA) is 75.0 Å². The zero-order valence-corrected chi connectivity index (χ0v) is 15.4. The molecule has 1 saturated heterocycles. The molecule has 142 valence electrons. The van der Waals surface area contributed by atoms with Gasteiger partial charge in [-0.3, -0.25) is 4.79 Å². The second kappa shape index (κ2) is 7.60. The van der Waals surface area contributed by atoms with Crippen molar-refractivity contribution in [2.75, 3.05) is 19.6 Å². The molecule has 1 N–H and O–H groups in total. The van der Waals surface area contributed by atoms with Crippen molar-refractivity contribution in [3.8, 4) is 11.5 Å². The molecular formula is C20H23FN4O2. The van der Waals surface area contributed by atoms with E-state index >= 15 is 0 Å². The van der Waals surface area contributed by atoms with E-state index in [0.717, 1.165) is 38.9 Å². The first-order valence-electron chi connectivity index (χ1n) is 9.50. The highest BCUT2D eigenvalue weighted by Crippen LogP contribution is 2.27. The van der Waals surface area contributed by atoms with Gasteiger partial charge in [0.2, 0.25) is 5.56 Å². The minimum Gasteiger partial charge on any atom is -0.334 e. The van der Waals surface area contributed by atoms with Crippen LogP contribution in [0.5, 0.6) is 0 Å². The number of rotatable bonds is 5. The van der Waals surface area contributed by atoms with Gasteiger partial charge >= 0.3 is 0 Å². The van der Waals surface area contributed by atoms with Crippen molar-refractivity contribution in [2.45, 2.75) is 32.6 Å². The molecule has 0 saturated carbocycles. The Morgan fingerprint density at radius 3 is 2.89 bits per heavy atom. The Morgan fingerprint density at radius 1 is 1.30 bits per heavy atom. The number of pyridine rings is 1. The first-order chi connectivity index (χ1) is 13.1. The minimum absolute atomic E-state index is 0.259. The Hall–Kier alpha value is -2.54. The average Bonchev–Trinajstić information content (AvgIpc) is 3.11. The molecule has 6 nitrogen and oxygen atoms in total. The number of aromatic amines is 1. The third kappa shape index (κ3) is 3.93. The maximum atomic E-state index is 13.7. The summed E-state index contributed by atoms with van der Waals surface area (Å²) in [7, 11) is 0. The van der Waals surface area contributed by atoms with Gasteiger partial charge in [0.1, 0.15) is 5.82 Å². The zero-order valence-electron chi connectivity index (χ0n) is 15.4. The van der Waals surface area contributed by atoms with E-state index in [2.05, 4.69) is 26.9 Å². The van der Waals surface area contributed by atoms with Crippen molar-refractivity contribution in [1.29, 1.82) is 0 Å². The number of nitrogens with one attached hydrogen (secondary N) is 1. The summed E-state index contributed by atoms with van der Waals surface area (Å²) in [6, 6.07) is 5.60. The van der Waals surface area contributed by atoms with E-state index in [1.165, 1.54) is 30.7 Å². The molecule has 27 heavy (non-hydrogen) atoms. The van der Waals surface area contributed by atoms with Crippen LogP contribution >= 0.6 is 0 Å². The summed E-state index contributed by atoms with van der Waals surface area (Å²) in [6.45, 7) is 5.59. The molecule has 0 bridgehead atoms. The largest absolute Gasteiger partial charge is 0.334 e. The minimum atomic E-state index is -0.380. The van der Waals surface area contributed by atoms with E-state index in [-0.39, 0.29) is 17.3 Å². The van der Waals surface area contributed by atoms with Gasteiger partial charge in [-0.15, -0.1) is 0 Å². The van der Waals surface area contributed by atoms with Gasteiger partial charge in [-0.1, -0.05) is 12.1 Å². The summed E-state index contributed by atoms with van der Waals surface area (Å²) in [6.07, 6.45) is 4.20. The van der Waals surface area contributed by atoms with Crippen LogP contribution in [0.2, 0.25) is 0 Å². The van der Waals surface area contributed by atoms with Crippen LogP contribution in [0.1, 0.15) is 32.0 Å². The van der Waals surface area contributed by atoms with E-state index in [4.69, 9.17) is 4.52 Å².